The van der Waals surface area contributed by atoms with Gasteiger partial charge in [-0.2, -0.15) is 0 Å². The maximum atomic E-state index is 11.8. The quantitative estimate of drug-likeness (QED) is 0.795. The molecule has 0 amide bonds. The minimum atomic E-state index is -3.45. The summed E-state index contributed by atoms with van der Waals surface area (Å²) in [6, 6.07) is 5.40. The van der Waals surface area contributed by atoms with Gasteiger partial charge in [-0.05, 0) is 45.3 Å². The van der Waals surface area contributed by atoms with E-state index in [0.29, 0.717) is 17.6 Å². The number of nitrogen functional groups attached to an aromatic ring is 1. The second kappa shape index (κ2) is 5.82. The van der Waals surface area contributed by atoms with Gasteiger partial charge in [-0.3, -0.25) is 0 Å². The third kappa shape index (κ3) is 3.14. The Morgan fingerprint density at radius 1 is 1.33 bits per heavy atom. The number of sulfonamides is 1. The van der Waals surface area contributed by atoms with Crippen LogP contribution in [0.25, 0.3) is 0 Å². The Morgan fingerprint density at radius 2 is 2.00 bits per heavy atom. The first kappa shape index (κ1) is 16.1. The molecule has 1 aliphatic heterocycles. The predicted molar refractivity (Wildman–Crippen MR) is 86.0 cm³/mol. The van der Waals surface area contributed by atoms with Gasteiger partial charge < -0.3 is 15.5 Å². The van der Waals surface area contributed by atoms with Crippen LogP contribution < -0.4 is 15.4 Å². The molecule has 0 aliphatic carbocycles. The molecule has 1 saturated heterocycles. The van der Waals surface area contributed by atoms with Crippen LogP contribution >= 0.6 is 0 Å². The molecule has 1 heterocycles. The monoisotopic (exact) mass is 312 g/mol. The molecule has 7 heteroatoms. The van der Waals surface area contributed by atoms with Crippen molar-refractivity contribution in [1.82, 2.24) is 9.62 Å². The molecule has 1 aromatic rings. The lowest BCUT2D eigenvalue weighted by atomic mass is 10.1. The van der Waals surface area contributed by atoms with E-state index in [2.05, 4.69) is 35.5 Å². The number of hydrogen-bond donors (Lipinski definition) is 2. The molecule has 1 aromatic carbocycles. The second-order valence-corrected chi connectivity index (χ2v) is 7.73. The zero-order chi connectivity index (χ0) is 15.8. The highest BCUT2D eigenvalue weighted by Crippen LogP contribution is 2.31. The molecule has 0 radical (unpaired) electrons. The predicted octanol–water partition coefficient (Wildman–Crippen LogP) is 0.563. The third-order valence-electron chi connectivity index (χ3n) is 4.15. The van der Waals surface area contributed by atoms with E-state index in [1.165, 1.54) is 13.1 Å². The average molecular weight is 312 g/mol. The lowest BCUT2D eigenvalue weighted by Crippen LogP contribution is -2.34. The Kier molecular flexibility index (Phi) is 4.46. The van der Waals surface area contributed by atoms with E-state index in [9.17, 15) is 8.42 Å². The van der Waals surface area contributed by atoms with E-state index < -0.39 is 10.0 Å². The molecule has 0 spiro atoms. The smallest absolute Gasteiger partial charge is 0.240 e. The summed E-state index contributed by atoms with van der Waals surface area (Å²) in [6.45, 7) is 4.04. The summed E-state index contributed by atoms with van der Waals surface area (Å²) in [5.74, 6) is 0.542. The molecule has 6 nitrogen and oxygen atoms in total. The normalized spacial score (nSPS) is 23.0. The van der Waals surface area contributed by atoms with Gasteiger partial charge in [-0.1, -0.05) is 6.92 Å². The average Bonchev–Trinajstić information content (AvgIpc) is 2.80. The van der Waals surface area contributed by atoms with Crippen LogP contribution in [0.1, 0.15) is 6.92 Å². The summed E-state index contributed by atoms with van der Waals surface area (Å²) in [5, 5.41) is 0. The maximum absolute atomic E-state index is 11.8. The van der Waals surface area contributed by atoms with Crippen molar-refractivity contribution in [2.24, 2.45) is 5.92 Å². The largest absolute Gasteiger partial charge is 0.397 e. The van der Waals surface area contributed by atoms with Gasteiger partial charge in [0.25, 0.3) is 0 Å². The number of likely N-dealkylation sites (N-methyl/N-ethyl adjacent to an activating group) is 1. The third-order valence-corrected chi connectivity index (χ3v) is 5.57. The second-order valence-electron chi connectivity index (χ2n) is 5.84. The van der Waals surface area contributed by atoms with Gasteiger partial charge in [-0.15, -0.1) is 0 Å². The van der Waals surface area contributed by atoms with Crippen molar-refractivity contribution < 1.29 is 8.42 Å². The van der Waals surface area contributed by atoms with Crippen LogP contribution in [0.3, 0.4) is 0 Å². The zero-order valence-electron chi connectivity index (χ0n) is 13.0. The Bertz CT molecular complexity index is 615. The standard InChI is InChI=1S/C14H24N4O2S/c1-10-8-18(9-14(10)17(3)4)13-6-5-11(7-12(13)15)21(19,20)16-2/h5-7,10,14,16H,8-9,15H2,1-4H3. The number of nitrogens with zero attached hydrogens (tertiary/aromatic N) is 2. The van der Waals surface area contributed by atoms with E-state index in [1.807, 2.05) is 0 Å². The summed E-state index contributed by atoms with van der Waals surface area (Å²) < 4.78 is 25.9. The SMILES string of the molecule is CNS(=O)(=O)c1ccc(N2CC(C)C(N(C)C)C2)c(N)c1. The van der Waals surface area contributed by atoms with Gasteiger partial charge in [0, 0.05) is 19.1 Å². The van der Waals surface area contributed by atoms with E-state index in [1.54, 1.807) is 12.1 Å². The van der Waals surface area contributed by atoms with Crippen LogP contribution in [0.15, 0.2) is 23.1 Å². The highest BCUT2D eigenvalue weighted by molar-refractivity contribution is 7.89. The van der Waals surface area contributed by atoms with Crippen LogP contribution in [0.4, 0.5) is 11.4 Å². The van der Waals surface area contributed by atoms with Crippen LogP contribution in [0.5, 0.6) is 0 Å². The molecular weight excluding hydrogens is 288 g/mol. The summed E-state index contributed by atoms with van der Waals surface area (Å²) >= 11 is 0. The number of benzene rings is 1. The first-order chi connectivity index (χ1) is 9.76. The van der Waals surface area contributed by atoms with Crippen LogP contribution in [-0.2, 0) is 10.0 Å². The summed E-state index contributed by atoms with van der Waals surface area (Å²) in [5.41, 5.74) is 7.47. The molecular formula is C14H24N4O2S. The summed E-state index contributed by atoms with van der Waals surface area (Å²) in [7, 11) is 2.10. The van der Waals surface area contributed by atoms with Crippen molar-refractivity contribution in [3.05, 3.63) is 18.2 Å². The van der Waals surface area contributed by atoms with Crippen molar-refractivity contribution in [2.75, 3.05) is 44.9 Å². The molecule has 2 rings (SSSR count). The maximum Gasteiger partial charge on any atom is 0.240 e. The van der Waals surface area contributed by atoms with Crippen molar-refractivity contribution >= 4 is 21.4 Å². The highest BCUT2D eigenvalue weighted by Gasteiger charge is 2.32. The summed E-state index contributed by atoms with van der Waals surface area (Å²) in [6.07, 6.45) is 0. The molecule has 1 fully saturated rings. The van der Waals surface area contributed by atoms with Crippen LogP contribution in [-0.4, -0.2) is 53.6 Å². The molecule has 1 aliphatic rings. The number of anilines is 2. The molecule has 2 atom stereocenters. The Hall–Kier alpha value is -1.31. The van der Waals surface area contributed by atoms with E-state index in [0.717, 1.165) is 18.8 Å². The molecule has 3 N–H and O–H groups in total. The van der Waals surface area contributed by atoms with Gasteiger partial charge in [0.1, 0.15) is 0 Å². The van der Waals surface area contributed by atoms with Gasteiger partial charge in [0.05, 0.1) is 16.3 Å². The Morgan fingerprint density at radius 3 is 2.48 bits per heavy atom. The number of nitrogens with one attached hydrogen (secondary N) is 1. The zero-order valence-corrected chi connectivity index (χ0v) is 13.8. The Labute approximate surface area is 127 Å². The number of hydrogen-bond acceptors (Lipinski definition) is 5. The molecule has 0 aromatic heterocycles. The minimum absolute atomic E-state index is 0.197. The van der Waals surface area contributed by atoms with Crippen molar-refractivity contribution in [1.29, 1.82) is 0 Å². The van der Waals surface area contributed by atoms with Crippen molar-refractivity contribution in [3.8, 4) is 0 Å². The van der Waals surface area contributed by atoms with E-state index in [4.69, 9.17) is 5.73 Å². The minimum Gasteiger partial charge on any atom is -0.397 e. The highest BCUT2D eigenvalue weighted by atomic mass is 32.2. The number of rotatable bonds is 4. The summed E-state index contributed by atoms with van der Waals surface area (Å²) in [4.78, 5) is 4.64. The van der Waals surface area contributed by atoms with Gasteiger partial charge in [0.2, 0.25) is 10.0 Å². The first-order valence-corrected chi connectivity index (χ1v) is 8.49. The van der Waals surface area contributed by atoms with Gasteiger partial charge in [0.15, 0.2) is 0 Å². The van der Waals surface area contributed by atoms with Gasteiger partial charge in [-0.25, -0.2) is 13.1 Å². The lowest BCUT2D eigenvalue weighted by Gasteiger charge is -2.23. The van der Waals surface area contributed by atoms with Crippen LogP contribution in [0.2, 0.25) is 0 Å². The molecule has 0 saturated carbocycles. The molecule has 0 bridgehead atoms. The van der Waals surface area contributed by atoms with E-state index >= 15 is 0 Å². The van der Waals surface area contributed by atoms with Crippen LogP contribution in [0, 0.1) is 5.92 Å². The fraction of sp³-hybridized carbons (Fsp3) is 0.571. The van der Waals surface area contributed by atoms with Crippen molar-refractivity contribution in [3.63, 3.8) is 0 Å². The lowest BCUT2D eigenvalue weighted by molar-refractivity contribution is 0.266. The molecule has 2 unspecified atom stereocenters. The van der Waals surface area contributed by atoms with Gasteiger partial charge >= 0.3 is 0 Å². The van der Waals surface area contributed by atoms with Crippen molar-refractivity contribution in [2.45, 2.75) is 17.9 Å². The first-order valence-electron chi connectivity index (χ1n) is 7.00. The Balaban J connectivity index is 2.27. The molecule has 118 valence electrons. The fourth-order valence-electron chi connectivity index (χ4n) is 2.92. The topological polar surface area (TPSA) is 78.7 Å². The molecule has 21 heavy (non-hydrogen) atoms. The van der Waals surface area contributed by atoms with E-state index in [-0.39, 0.29) is 4.90 Å². The number of nitrogens with two attached hydrogens (primary N) is 1. The fourth-order valence-corrected chi connectivity index (χ4v) is 3.69.